The molecule has 4 rings (SSSR count). The van der Waals surface area contributed by atoms with E-state index < -0.39 is 0 Å². The molecular weight excluding hydrogens is 310 g/mol. The largest absolute Gasteiger partial charge is 0.294 e. The van der Waals surface area contributed by atoms with Crippen molar-refractivity contribution in [1.82, 2.24) is 24.6 Å². The molecule has 0 radical (unpaired) electrons. The second-order valence-corrected chi connectivity index (χ2v) is 6.59. The van der Waals surface area contributed by atoms with Crippen LogP contribution in [0.4, 0.5) is 0 Å². The lowest BCUT2D eigenvalue weighted by Crippen LogP contribution is -2.31. The quantitative estimate of drug-likeness (QED) is 0.735. The maximum atomic E-state index is 4.81. The molecule has 0 saturated heterocycles. The average Bonchev–Trinajstić information content (AvgIpc) is 3.02. The molecule has 2 aromatic heterocycles. The molecule has 0 atom stereocenters. The van der Waals surface area contributed by atoms with Crippen molar-refractivity contribution in [2.75, 3.05) is 6.54 Å². The van der Waals surface area contributed by atoms with Gasteiger partial charge in [-0.15, -0.1) is 0 Å². The summed E-state index contributed by atoms with van der Waals surface area (Å²) in [5.74, 6) is 0.827. The van der Waals surface area contributed by atoms with Crippen LogP contribution in [0.2, 0.25) is 0 Å². The topological polar surface area (TPSA) is 46.8 Å². The van der Waals surface area contributed by atoms with E-state index in [9.17, 15) is 0 Å². The summed E-state index contributed by atoms with van der Waals surface area (Å²) in [6.45, 7) is 7.99. The lowest BCUT2D eigenvalue weighted by atomic mass is 10.1. The van der Waals surface area contributed by atoms with E-state index in [4.69, 9.17) is 4.98 Å². The zero-order chi connectivity index (χ0) is 17.2. The van der Waals surface area contributed by atoms with Crippen molar-refractivity contribution in [3.63, 3.8) is 0 Å². The Morgan fingerprint density at radius 1 is 1.16 bits per heavy atom. The van der Waals surface area contributed by atoms with Crippen LogP contribution in [0.5, 0.6) is 0 Å². The minimum atomic E-state index is 0.827. The standard InChI is InChI=1S/C20H23N5/c1-3-25-14-18(15(2)23-25)13-24-10-9-19-17(12-24)11-21-20(22-19)16-7-5-4-6-8-16/h4-8,11,14H,3,9-10,12-13H2,1-2H3. The SMILES string of the molecule is CCn1cc(CN2CCc3nc(-c4ccccc4)ncc3C2)c(C)n1. The summed E-state index contributed by atoms with van der Waals surface area (Å²) in [6, 6.07) is 10.2. The average molecular weight is 333 g/mol. The molecule has 128 valence electrons. The Hall–Kier alpha value is -2.53. The van der Waals surface area contributed by atoms with Gasteiger partial charge in [0.1, 0.15) is 0 Å². The van der Waals surface area contributed by atoms with Crippen LogP contribution in [0.1, 0.15) is 29.4 Å². The molecule has 0 unspecified atom stereocenters. The Morgan fingerprint density at radius 2 is 2.00 bits per heavy atom. The van der Waals surface area contributed by atoms with Crippen molar-refractivity contribution >= 4 is 0 Å². The smallest absolute Gasteiger partial charge is 0.159 e. The highest BCUT2D eigenvalue weighted by Crippen LogP contribution is 2.22. The van der Waals surface area contributed by atoms with Crippen molar-refractivity contribution < 1.29 is 0 Å². The van der Waals surface area contributed by atoms with Gasteiger partial charge in [-0.25, -0.2) is 9.97 Å². The third kappa shape index (κ3) is 3.33. The molecule has 0 saturated carbocycles. The van der Waals surface area contributed by atoms with Crippen molar-refractivity contribution in [2.45, 2.75) is 39.9 Å². The summed E-state index contributed by atoms with van der Waals surface area (Å²) < 4.78 is 2.01. The Labute approximate surface area is 148 Å². The second kappa shape index (κ2) is 6.76. The van der Waals surface area contributed by atoms with Gasteiger partial charge in [-0.05, 0) is 13.8 Å². The number of aryl methyl sites for hydroxylation is 2. The van der Waals surface area contributed by atoms with Crippen LogP contribution in [0.25, 0.3) is 11.4 Å². The van der Waals surface area contributed by atoms with Gasteiger partial charge in [0.15, 0.2) is 5.82 Å². The fraction of sp³-hybridized carbons (Fsp3) is 0.350. The Morgan fingerprint density at radius 3 is 2.76 bits per heavy atom. The van der Waals surface area contributed by atoms with Crippen molar-refractivity contribution in [2.24, 2.45) is 0 Å². The first kappa shape index (κ1) is 16.0. The summed E-state index contributed by atoms with van der Waals surface area (Å²) in [6.07, 6.45) is 5.14. The summed E-state index contributed by atoms with van der Waals surface area (Å²) in [5.41, 5.74) is 5.95. The third-order valence-corrected chi connectivity index (χ3v) is 4.81. The van der Waals surface area contributed by atoms with E-state index in [1.54, 1.807) is 0 Å². The summed E-state index contributed by atoms with van der Waals surface area (Å²) in [4.78, 5) is 11.8. The predicted octanol–water partition coefficient (Wildman–Crippen LogP) is 3.23. The predicted molar refractivity (Wildman–Crippen MR) is 97.9 cm³/mol. The molecule has 1 aromatic carbocycles. The van der Waals surface area contributed by atoms with E-state index in [1.807, 2.05) is 29.1 Å². The van der Waals surface area contributed by atoms with Crippen LogP contribution in [0, 0.1) is 6.92 Å². The van der Waals surface area contributed by atoms with Crippen LogP contribution < -0.4 is 0 Å². The highest BCUT2D eigenvalue weighted by molar-refractivity contribution is 5.54. The van der Waals surface area contributed by atoms with Gasteiger partial charge in [-0.2, -0.15) is 5.10 Å². The van der Waals surface area contributed by atoms with E-state index in [-0.39, 0.29) is 0 Å². The Balaban J connectivity index is 1.51. The number of benzene rings is 1. The van der Waals surface area contributed by atoms with Crippen molar-refractivity contribution in [3.8, 4) is 11.4 Å². The van der Waals surface area contributed by atoms with Gasteiger partial charge in [0.05, 0.1) is 11.4 Å². The molecule has 3 aromatic rings. The van der Waals surface area contributed by atoms with Gasteiger partial charge >= 0.3 is 0 Å². The number of hydrogen-bond donors (Lipinski definition) is 0. The second-order valence-electron chi connectivity index (χ2n) is 6.59. The molecule has 0 fully saturated rings. The van der Waals surface area contributed by atoms with Crippen molar-refractivity contribution in [3.05, 3.63) is 65.2 Å². The van der Waals surface area contributed by atoms with E-state index in [2.05, 4.69) is 47.2 Å². The zero-order valence-electron chi connectivity index (χ0n) is 14.8. The van der Waals surface area contributed by atoms with E-state index in [1.165, 1.54) is 16.8 Å². The number of aromatic nitrogens is 4. The first-order chi connectivity index (χ1) is 12.2. The summed E-state index contributed by atoms with van der Waals surface area (Å²) >= 11 is 0. The first-order valence-electron chi connectivity index (χ1n) is 8.88. The minimum Gasteiger partial charge on any atom is -0.294 e. The Bertz CT molecular complexity index is 869. The van der Waals surface area contributed by atoms with E-state index in [0.717, 1.165) is 49.7 Å². The molecular formula is C20H23N5. The molecule has 5 nitrogen and oxygen atoms in total. The van der Waals surface area contributed by atoms with Crippen LogP contribution in [-0.4, -0.2) is 31.2 Å². The highest BCUT2D eigenvalue weighted by Gasteiger charge is 2.20. The van der Waals surface area contributed by atoms with Crippen LogP contribution in [-0.2, 0) is 26.1 Å². The zero-order valence-corrected chi connectivity index (χ0v) is 14.8. The summed E-state index contributed by atoms with van der Waals surface area (Å²) in [7, 11) is 0. The fourth-order valence-corrected chi connectivity index (χ4v) is 3.35. The molecule has 0 aliphatic carbocycles. The maximum absolute atomic E-state index is 4.81. The van der Waals surface area contributed by atoms with Crippen molar-refractivity contribution in [1.29, 1.82) is 0 Å². The highest BCUT2D eigenvalue weighted by atomic mass is 15.3. The Kier molecular flexibility index (Phi) is 4.32. The monoisotopic (exact) mass is 333 g/mol. The molecule has 1 aliphatic heterocycles. The lowest BCUT2D eigenvalue weighted by Gasteiger charge is -2.27. The molecule has 0 N–H and O–H groups in total. The van der Waals surface area contributed by atoms with Crippen LogP contribution in [0.15, 0.2) is 42.7 Å². The number of nitrogens with zero attached hydrogens (tertiary/aromatic N) is 5. The minimum absolute atomic E-state index is 0.827. The van der Waals surface area contributed by atoms with E-state index in [0.29, 0.717) is 0 Å². The van der Waals surface area contributed by atoms with Crippen LogP contribution in [0.3, 0.4) is 0 Å². The maximum Gasteiger partial charge on any atom is 0.159 e. The molecule has 25 heavy (non-hydrogen) atoms. The molecule has 5 heteroatoms. The van der Waals surface area contributed by atoms with Gasteiger partial charge < -0.3 is 0 Å². The fourth-order valence-electron chi connectivity index (χ4n) is 3.35. The molecule has 0 bridgehead atoms. The van der Waals surface area contributed by atoms with Gasteiger partial charge in [-0.1, -0.05) is 30.3 Å². The number of hydrogen-bond acceptors (Lipinski definition) is 4. The van der Waals surface area contributed by atoms with Gasteiger partial charge in [0.2, 0.25) is 0 Å². The first-order valence-corrected chi connectivity index (χ1v) is 8.88. The lowest BCUT2D eigenvalue weighted by molar-refractivity contribution is 0.242. The van der Waals surface area contributed by atoms with E-state index >= 15 is 0 Å². The van der Waals surface area contributed by atoms with Gasteiger partial charge in [-0.3, -0.25) is 9.58 Å². The number of fused-ring (bicyclic) bond motifs is 1. The summed E-state index contributed by atoms with van der Waals surface area (Å²) in [5, 5.41) is 4.55. The van der Waals surface area contributed by atoms with Gasteiger partial charge in [0.25, 0.3) is 0 Å². The molecule has 0 amide bonds. The third-order valence-electron chi connectivity index (χ3n) is 4.81. The molecule has 0 spiro atoms. The van der Waals surface area contributed by atoms with Crippen LogP contribution >= 0.6 is 0 Å². The van der Waals surface area contributed by atoms with Gasteiger partial charge in [0, 0.05) is 61.7 Å². The molecule has 3 heterocycles. The normalized spacial score (nSPS) is 14.5. The number of rotatable bonds is 4. The molecule has 1 aliphatic rings.